The van der Waals surface area contributed by atoms with Gasteiger partial charge in [-0.3, -0.25) is 42.1 Å². The van der Waals surface area contributed by atoms with Crippen molar-refractivity contribution in [2.75, 3.05) is 34.5 Å². The Morgan fingerprint density at radius 3 is 2.27 bits per heavy atom. The number of anilines is 1. The van der Waals surface area contributed by atoms with Crippen LogP contribution in [-0.2, 0) is 58.1 Å². The van der Waals surface area contributed by atoms with Crippen LogP contribution in [0.25, 0.3) is 10.5 Å². The van der Waals surface area contributed by atoms with Crippen molar-refractivity contribution in [3.8, 4) is 0 Å². The summed E-state index contributed by atoms with van der Waals surface area (Å²) in [7, 11) is -17.6. The van der Waals surface area contributed by atoms with Crippen LogP contribution in [0.2, 0.25) is 5.02 Å². The molecule has 2 aromatic heterocycles. The van der Waals surface area contributed by atoms with E-state index in [9.17, 15) is 61.7 Å². The van der Waals surface area contributed by atoms with Crippen molar-refractivity contribution in [2.45, 2.75) is 42.3 Å². The van der Waals surface area contributed by atoms with E-state index in [4.69, 9.17) is 28.2 Å². The highest BCUT2D eigenvalue weighted by atomic mass is 35.5. The van der Waals surface area contributed by atoms with Gasteiger partial charge in [-0.05, 0) is 66.6 Å². The van der Waals surface area contributed by atoms with Gasteiger partial charge in [0.2, 0.25) is 11.0 Å². The molecule has 0 spiro atoms. The molecular formula is C34H31ClN4O15S8. The van der Waals surface area contributed by atoms with Crippen molar-refractivity contribution in [1.29, 1.82) is 0 Å². The second-order valence-electron chi connectivity index (χ2n) is 13.9. The minimum Gasteiger partial charge on any atom is -0.430 e. The molecule has 2 saturated heterocycles. The van der Waals surface area contributed by atoms with Crippen molar-refractivity contribution >= 4 is 125 Å². The molecule has 3 aliphatic heterocycles. The predicted octanol–water partition coefficient (Wildman–Crippen LogP) is 1.78. The normalized spacial score (nSPS) is 20.7. The average Bonchev–Trinajstić information content (AvgIpc) is 3.94. The molecule has 332 valence electrons. The molecule has 0 aliphatic carbocycles. The van der Waals surface area contributed by atoms with Crippen molar-refractivity contribution < 1.29 is 56.5 Å². The molecule has 5 heterocycles. The molecule has 0 bridgehead atoms. The van der Waals surface area contributed by atoms with E-state index in [1.54, 1.807) is 42.2 Å². The summed E-state index contributed by atoms with van der Waals surface area (Å²) in [4.78, 5) is 45.0. The highest BCUT2D eigenvalue weighted by Crippen LogP contribution is 2.48. The Bertz CT molecular complexity index is 3450. The number of nitrogens with zero attached hydrogens (tertiary/aromatic N) is 4. The van der Waals surface area contributed by atoms with Crippen molar-refractivity contribution in [1.82, 2.24) is 14.0 Å². The molecule has 3 N–H and O–H groups in total. The molecular weight excluding hydrogens is 996 g/mol. The van der Waals surface area contributed by atoms with Crippen LogP contribution in [0.4, 0.5) is 5.69 Å². The Morgan fingerprint density at radius 1 is 0.952 bits per heavy atom. The van der Waals surface area contributed by atoms with Crippen molar-refractivity contribution in [3.63, 3.8) is 0 Å². The van der Waals surface area contributed by atoms with Gasteiger partial charge in [-0.2, -0.15) is 25.3 Å². The number of carbonyl (C=O) groups is 1. The van der Waals surface area contributed by atoms with Gasteiger partial charge < -0.3 is 9.32 Å². The lowest BCUT2D eigenvalue weighted by Crippen LogP contribution is -2.35. The summed E-state index contributed by atoms with van der Waals surface area (Å²) in [5, 5.41) is 0.838. The van der Waals surface area contributed by atoms with Crippen LogP contribution in [-0.4, -0.2) is 101 Å². The number of thiocarbonyl (C=S) groups is 1. The SMILES string of the molecule is CC(C=C1Sc2ccc(Cl)cc2N1Cc1ccccc1S(=O)(=O)O)=c1s/c(=c2/oc(=C3SC(=S)N(CCS(=O)(=O)O)C3=O)n(CCS(=O)(=O)O)c2=O)n(C2CCS(=O)(=O)C2)c1=O. The number of halogens is 1. The number of amides is 1. The first-order chi connectivity index (χ1) is 28.8. The van der Waals surface area contributed by atoms with E-state index in [-0.39, 0.29) is 47.6 Å². The molecule has 7 rings (SSSR count). The lowest BCUT2D eigenvalue weighted by molar-refractivity contribution is -0.120. The van der Waals surface area contributed by atoms with Gasteiger partial charge >= 0.3 is 0 Å². The van der Waals surface area contributed by atoms with Crippen LogP contribution in [0.1, 0.15) is 24.9 Å². The molecule has 0 saturated carbocycles. The maximum absolute atomic E-state index is 14.6. The number of benzene rings is 2. The van der Waals surface area contributed by atoms with Gasteiger partial charge in [0.25, 0.3) is 47.4 Å². The van der Waals surface area contributed by atoms with E-state index in [0.29, 0.717) is 38.0 Å². The molecule has 0 radical (unpaired) electrons. The fraction of sp³-hybridized carbons (Fsp3) is 0.294. The van der Waals surface area contributed by atoms with Gasteiger partial charge in [-0.25, -0.2) is 8.42 Å². The molecule has 62 heavy (non-hydrogen) atoms. The minimum atomic E-state index is -4.73. The third-order valence-electron chi connectivity index (χ3n) is 9.64. The highest BCUT2D eigenvalue weighted by Gasteiger charge is 2.37. The molecule has 2 aromatic carbocycles. The van der Waals surface area contributed by atoms with E-state index < -0.39 is 105 Å². The molecule has 1 unspecified atom stereocenters. The van der Waals surface area contributed by atoms with Gasteiger partial charge in [0.1, 0.15) is 13.9 Å². The second-order valence-corrected chi connectivity index (χ2v) is 24.8. The molecule has 3 aliphatic rings. The quantitative estimate of drug-likeness (QED) is 0.143. The first-order valence-corrected chi connectivity index (χ1v) is 27.4. The molecule has 2 fully saturated rings. The summed E-state index contributed by atoms with van der Waals surface area (Å²) in [6, 6.07) is 9.85. The average molecular weight is 1030 g/mol. The zero-order valence-corrected chi connectivity index (χ0v) is 38.8. The van der Waals surface area contributed by atoms with E-state index in [1.807, 2.05) is 0 Å². The fourth-order valence-corrected chi connectivity index (χ4v) is 13.8. The number of thiazole rings is 1. The minimum absolute atomic E-state index is 0.00282. The molecule has 28 heteroatoms. The number of allylic oxidation sites excluding steroid dienone is 1. The van der Waals surface area contributed by atoms with Crippen LogP contribution in [0.3, 0.4) is 0 Å². The summed E-state index contributed by atoms with van der Waals surface area (Å²) in [5.41, 5.74) is -1.86. The van der Waals surface area contributed by atoms with Crippen molar-refractivity contribution in [3.05, 3.63) is 105 Å². The van der Waals surface area contributed by atoms with Crippen LogP contribution in [0.15, 0.2) is 77.4 Å². The lowest BCUT2D eigenvalue weighted by Gasteiger charge is -2.22. The fourth-order valence-electron chi connectivity index (χ4n) is 6.81. The third kappa shape index (κ3) is 9.72. The number of hydrogen-bond acceptors (Lipinski definition) is 17. The first-order valence-electron chi connectivity index (χ1n) is 17.7. The van der Waals surface area contributed by atoms with E-state index in [1.165, 1.54) is 30.0 Å². The topological polar surface area (TPSA) is 278 Å². The number of sulfone groups is 1. The number of carbonyl (C=O) groups excluding carboxylic acids is 1. The van der Waals surface area contributed by atoms with Crippen LogP contribution in [0.5, 0.6) is 0 Å². The Labute approximate surface area is 374 Å². The smallest absolute Gasteiger partial charge is 0.299 e. The van der Waals surface area contributed by atoms with Crippen LogP contribution < -0.4 is 26.1 Å². The molecule has 19 nitrogen and oxygen atoms in total. The number of thioether (sulfide) groups is 2. The van der Waals surface area contributed by atoms with Gasteiger partial charge in [-0.1, -0.05) is 53.8 Å². The Kier molecular flexibility index (Phi) is 12.8. The van der Waals surface area contributed by atoms with E-state index in [2.05, 4.69) is 0 Å². The standard InChI is InChI=1S/C34H31ClN4O15S8/c1-18(14-25-38(22-15-20(35)6-7-23(22)56-25)16-19-4-2-3-5-24(19)62(51,52)53)27-31(42)39(21-8-11-59(43,44)17-21)33(57-27)26-29(40)36(9-12-60(45,46)47)32(54-26)28-30(41)37(34(55)58-28)10-13-61(48,49)50/h2-7,14-15,21H,8-13,16-17H2,1H3,(H,45,46,47)(H,48,49,50)(H,51,52,53)/b25-14?,27-18?,32-28?,33-26+. The van der Waals surface area contributed by atoms with Crippen molar-refractivity contribution in [2.24, 2.45) is 0 Å². The van der Waals surface area contributed by atoms with Gasteiger partial charge in [-0.15, -0.1) is 11.3 Å². The summed E-state index contributed by atoms with van der Waals surface area (Å²) in [6.45, 7) is 0.122. The first kappa shape index (κ1) is 46.4. The maximum Gasteiger partial charge on any atom is 0.299 e. The summed E-state index contributed by atoms with van der Waals surface area (Å²) in [5.74, 6) is -3.69. The van der Waals surface area contributed by atoms with Crippen LogP contribution in [0, 0.1) is 10.1 Å². The van der Waals surface area contributed by atoms with Gasteiger partial charge in [0.05, 0.1) is 55.7 Å². The summed E-state index contributed by atoms with van der Waals surface area (Å²) >= 11 is 14.2. The number of rotatable bonds is 11. The Balaban J connectivity index is 1.49. The maximum atomic E-state index is 14.6. The monoisotopic (exact) mass is 1030 g/mol. The number of hydrogen-bond donors (Lipinski definition) is 3. The Hall–Kier alpha value is -3.61. The number of fused-ring (bicyclic) bond motifs is 1. The third-order valence-corrected chi connectivity index (χ3v) is 17.8. The predicted molar refractivity (Wildman–Crippen MR) is 236 cm³/mol. The lowest BCUT2D eigenvalue weighted by atomic mass is 10.2. The zero-order chi connectivity index (χ0) is 45.3. The molecule has 1 amide bonds. The summed E-state index contributed by atoms with van der Waals surface area (Å²) in [6.07, 6.45) is 1.58. The Morgan fingerprint density at radius 2 is 1.63 bits per heavy atom. The second kappa shape index (κ2) is 17.1. The summed E-state index contributed by atoms with van der Waals surface area (Å²) < 4.78 is 133. The number of aromatic nitrogens is 2. The highest BCUT2D eigenvalue weighted by molar-refractivity contribution is 8.30. The molecule has 1 atom stereocenters. The van der Waals surface area contributed by atoms with Gasteiger partial charge in [0, 0.05) is 23.0 Å². The van der Waals surface area contributed by atoms with Gasteiger partial charge in [0.15, 0.2) is 9.84 Å². The van der Waals surface area contributed by atoms with E-state index >= 15 is 0 Å². The number of oxazole rings is 1. The molecule has 4 aromatic rings. The van der Waals surface area contributed by atoms with E-state index in [0.717, 1.165) is 25.4 Å². The largest absolute Gasteiger partial charge is 0.430 e. The van der Waals surface area contributed by atoms with Crippen LogP contribution >= 0.6 is 58.7 Å². The zero-order valence-electron chi connectivity index (χ0n) is 31.5.